The van der Waals surface area contributed by atoms with Crippen LogP contribution in [-0.2, 0) is 0 Å². The molecular formula is C35H21N. The lowest BCUT2D eigenvalue weighted by atomic mass is 9.90. The number of pyridine rings is 1. The zero-order valence-corrected chi connectivity index (χ0v) is 19.6. The van der Waals surface area contributed by atoms with Gasteiger partial charge in [-0.25, -0.2) is 0 Å². The van der Waals surface area contributed by atoms with Gasteiger partial charge in [-0.2, -0.15) is 0 Å². The first kappa shape index (κ1) is 19.5. The maximum atomic E-state index is 4.43. The fraction of sp³-hybridized carbons (Fsp3) is 0. The molecular weight excluding hydrogens is 434 g/mol. The second-order valence-electron chi connectivity index (χ2n) is 9.62. The minimum absolute atomic E-state index is 1.18. The number of hydrogen-bond acceptors (Lipinski definition) is 1. The molecule has 6 aromatic carbocycles. The molecule has 0 saturated heterocycles. The average molecular weight is 456 g/mol. The van der Waals surface area contributed by atoms with Crippen LogP contribution in [0.4, 0.5) is 0 Å². The number of nitrogens with zero attached hydrogens (tertiary/aromatic N) is 1. The van der Waals surface area contributed by atoms with Crippen molar-refractivity contribution in [3.8, 4) is 44.5 Å². The maximum Gasteiger partial charge on any atom is 0.0352 e. The number of benzene rings is 6. The molecule has 0 radical (unpaired) electrons. The third-order valence-electron chi connectivity index (χ3n) is 7.66. The van der Waals surface area contributed by atoms with E-state index in [1.165, 1.54) is 76.8 Å². The van der Waals surface area contributed by atoms with Crippen molar-refractivity contribution in [1.82, 2.24) is 4.98 Å². The summed E-state index contributed by atoms with van der Waals surface area (Å²) in [4.78, 5) is 4.43. The van der Waals surface area contributed by atoms with Crippen molar-refractivity contribution in [3.05, 3.63) is 128 Å². The minimum Gasteiger partial charge on any atom is -0.264 e. The first-order chi connectivity index (χ1) is 17.8. The Bertz CT molecular complexity index is 1930. The summed E-state index contributed by atoms with van der Waals surface area (Å²) in [5, 5.41) is 7.62. The van der Waals surface area contributed by atoms with Gasteiger partial charge >= 0.3 is 0 Å². The second-order valence-corrected chi connectivity index (χ2v) is 9.62. The molecule has 0 N–H and O–H groups in total. The Kier molecular flexibility index (Phi) is 4.00. The van der Waals surface area contributed by atoms with E-state index in [-0.39, 0.29) is 0 Å². The van der Waals surface area contributed by atoms with Gasteiger partial charge in [-0.3, -0.25) is 4.98 Å². The van der Waals surface area contributed by atoms with Crippen molar-refractivity contribution in [1.29, 1.82) is 0 Å². The molecule has 36 heavy (non-hydrogen) atoms. The molecule has 1 aliphatic carbocycles. The molecule has 0 atom stereocenters. The summed E-state index contributed by atoms with van der Waals surface area (Å²) in [7, 11) is 0. The molecule has 0 fully saturated rings. The number of rotatable bonds is 2. The van der Waals surface area contributed by atoms with Gasteiger partial charge < -0.3 is 0 Å². The molecule has 1 aliphatic rings. The average Bonchev–Trinajstić information content (AvgIpc) is 3.26. The van der Waals surface area contributed by atoms with Gasteiger partial charge in [0.05, 0.1) is 0 Å². The lowest BCUT2D eigenvalue weighted by Gasteiger charge is -2.14. The Morgan fingerprint density at radius 1 is 0.389 bits per heavy atom. The first-order valence-electron chi connectivity index (χ1n) is 12.4. The summed E-state index contributed by atoms with van der Waals surface area (Å²) in [5.41, 5.74) is 10.3. The molecule has 7 aromatic rings. The van der Waals surface area contributed by atoms with E-state index in [0.29, 0.717) is 0 Å². The predicted octanol–water partition coefficient (Wildman–Crippen LogP) is 9.52. The van der Waals surface area contributed by atoms with E-state index in [0.717, 1.165) is 0 Å². The molecule has 0 bridgehead atoms. The molecule has 0 aliphatic heterocycles. The zero-order chi connectivity index (χ0) is 23.6. The lowest BCUT2D eigenvalue weighted by Crippen LogP contribution is -1.88. The van der Waals surface area contributed by atoms with E-state index in [1.807, 2.05) is 12.4 Å². The van der Waals surface area contributed by atoms with Crippen LogP contribution in [0.15, 0.2) is 128 Å². The fourth-order valence-corrected chi connectivity index (χ4v) is 6.00. The molecule has 0 amide bonds. The molecule has 1 heteroatoms. The highest BCUT2D eigenvalue weighted by Gasteiger charge is 2.23. The smallest absolute Gasteiger partial charge is 0.0352 e. The van der Waals surface area contributed by atoms with Crippen LogP contribution < -0.4 is 0 Å². The number of aromatic nitrogens is 1. The highest BCUT2D eigenvalue weighted by Crippen LogP contribution is 2.50. The quantitative estimate of drug-likeness (QED) is 0.253. The summed E-state index contributed by atoms with van der Waals surface area (Å²) in [6, 6.07) is 42.2. The van der Waals surface area contributed by atoms with E-state index >= 15 is 0 Å². The molecule has 8 rings (SSSR count). The van der Waals surface area contributed by atoms with E-state index in [9.17, 15) is 0 Å². The van der Waals surface area contributed by atoms with Crippen molar-refractivity contribution in [2.24, 2.45) is 0 Å². The van der Waals surface area contributed by atoms with Gasteiger partial charge in [0.15, 0.2) is 0 Å². The SMILES string of the molecule is c1ccc(-c2cc(-c3ccc4c5c(cccc35)-c3cc5ccccc5cc3-4)cc3ccncc23)cc1. The minimum atomic E-state index is 1.18. The molecule has 0 saturated carbocycles. The van der Waals surface area contributed by atoms with Crippen LogP contribution in [0.3, 0.4) is 0 Å². The number of hydrogen-bond donors (Lipinski definition) is 0. The third kappa shape index (κ3) is 2.74. The zero-order valence-electron chi connectivity index (χ0n) is 19.6. The van der Waals surface area contributed by atoms with Crippen LogP contribution in [0.2, 0.25) is 0 Å². The summed E-state index contributed by atoms with van der Waals surface area (Å²) in [6.45, 7) is 0. The molecule has 1 aromatic heterocycles. The van der Waals surface area contributed by atoms with Crippen molar-refractivity contribution in [2.75, 3.05) is 0 Å². The summed E-state index contributed by atoms with van der Waals surface area (Å²) in [6.07, 6.45) is 3.87. The Morgan fingerprint density at radius 3 is 1.92 bits per heavy atom. The van der Waals surface area contributed by atoms with Gasteiger partial charge in [0.25, 0.3) is 0 Å². The van der Waals surface area contributed by atoms with E-state index < -0.39 is 0 Å². The van der Waals surface area contributed by atoms with Crippen LogP contribution in [-0.4, -0.2) is 4.98 Å². The summed E-state index contributed by atoms with van der Waals surface area (Å²) >= 11 is 0. The van der Waals surface area contributed by atoms with Crippen LogP contribution >= 0.6 is 0 Å². The predicted molar refractivity (Wildman–Crippen MR) is 152 cm³/mol. The lowest BCUT2D eigenvalue weighted by molar-refractivity contribution is 1.36. The number of fused-ring (bicyclic) bond motifs is 5. The largest absolute Gasteiger partial charge is 0.264 e. The van der Waals surface area contributed by atoms with Crippen molar-refractivity contribution in [3.63, 3.8) is 0 Å². The maximum absolute atomic E-state index is 4.43. The van der Waals surface area contributed by atoms with E-state index in [2.05, 4.69) is 120 Å². The van der Waals surface area contributed by atoms with Crippen molar-refractivity contribution < 1.29 is 0 Å². The van der Waals surface area contributed by atoms with Gasteiger partial charge in [0.2, 0.25) is 0 Å². The standard InChI is InChI=1S/C35H21N/c1-2-7-22(8-3-1)31-20-26(17-25-15-16-36-21-34(25)31)27-13-14-30-33-19-24-10-5-4-9-23(24)18-32(33)29-12-6-11-28(27)35(29)30/h1-21H. The molecule has 0 unspecified atom stereocenters. The van der Waals surface area contributed by atoms with Crippen molar-refractivity contribution >= 4 is 32.3 Å². The summed E-state index contributed by atoms with van der Waals surface area (Å²) < 4.78 is 0. The Balaban J connectivity index is 1.41. The van der Waals surface area contributed by atoms with E-state index in [4.69, 9.17) is 0 Å². The van der Waals surface area contributed by atoms with Crippen LogP contribution in [0.25, 0.3) is 76.8 Å². The molecule has 166 valence electrons. The molecule has 1 nitrogen and oxygen atoms in total. The van der Waals surface area contributed by atoms with Crippen LogP contribution in [0.5, 0.6) is 0 Å². The van der Waals surface area contributed by atoms with Crippen molar-refractivity contribution in [2.45, 2.75) is 0 Å². The Hall–Kier alpha value is -4.75. The summed E-state index contributed by atoms with van der Waals surface area (Å²) in [5.74, 6) is 0. The van der Waals surface area contributed by atoms with E-state index in [1.54, 1.807) is 0 Å². The van der Waals surface area contributed by atoms with Crippen LogP contribution in [0, 0.1) is 0 Å². The normalized spacial score (nSPS) is 11.9. The Labute approximate surface area is 209 Å². The van der Waals surface area contributed by atoms with Gasteiger partial charge in [-0.05, 0) is 102 Å². The van der Waals surface area contributed by atoms with Gasteiger partial charge in [0, 0.05) is 17.8 Å². The second kappa shape index (κ2) is 7.37. The highest BCUT2D eigenvalue weighted by molar-refractivity contribution is 6.20. The van der Waals surface area contributed by atoms with Gasteiger partial charge in [-0.15, -0.1) is 0 Å². The highest BCUT2D eigenvalue weighted by atomic mass is 14.6. The molecule has 1 heterocycles. The van der Waals surface area contributed by atoms with Crippen LogP contribution in [0.1, 0.15) is 0 Å². The monoisotopic (exact) mass is 455 g/mol. The van der Waals surface area contributed by atoms with Gasteiger partial charge in [0.1, 0.15) is 0 Å². The van der Waals surface area contributed by atoms with Gasteiger partial charge in [-0.1, -0.05) is 84.9 Å². The fourth-order valence-electron chi connectivity index (χ4n) is 6.00. The first-order valence-corrected chi connectivity index (χ1v) is 12.4. The third-order valence-corrected chi connectivity index (χ3v) is 7.66. The topological polar surface area (TPSA) is 12.9 Å². The molecule has 0 spiro atoms. The Morgan fingerprint density at radius 2 is 1.11 bits per heavy atom.